The quantitative estimate of drug-likeness (QED) is 0.463. The van der Waals surface area contributed by atoms with Crippen LogP contribution in [0.2, 0.25) is 0 Å². The molecule has 1 heterocycles. The van der Waals surface area contributed by atoms with E-state index in [0.29, 0.717) is 23.6 Å². The average molecular weight is 405 g/mol. The van der Waals surface area contributed by atoms with Crippen molar-refractivity contribution in [1.29, 1.82) is 0 Å². The number of hydrogen-bond donors (Lipinski definition) is 1. The Hall–Kier alpha value is -3.34. The minimum atomic E-state index is -0.167. The van der Waals surface area contributed by atoms with Crippen molar-refractivity contribution in [3.63, 3.8) is 0 Å². The molecule has 5 nitrogen and oxygen atoms in total. The Morgan fingerprint density at radius 1 is 0.867 bits per heavy atom. The van der Waals surface area contributed by atoms with Crippen molar-refractivity contribution in [2.45, 2.75) is 40.0 Å². The number of carbonyl (C=O) groups excluding carboxylic acids is 1. The zero-order valence-electron chi connectivity index (χ0n) is 17.8. The molecule has 0 radical (unpaired) electrons. The summed E-state index contributed by atoms with van der Waals surface area (Å²) in [6.07, 6.45) is 2.92. The summed E-state index contributed by atoms with van der Waals surface area (Å²) in [6, 6.07) is 18.6. The highest BCUT2D eigenvalue weighted by atomic mass is 16.5. The zero-order chi connectivity index (χ0) is 21.3. The maximum Gasteiger partial charge on any atom is 0.257 e. The molecule has 1 N–H and O–H groups in total. The molecule has 0 aliphatic heterocycles. The molecule has 0 saturated carbocycles. The molecule has 156 valence electrons. The molecule has 30 heavy (non-hydrogen) atoms. The molecule has 0 spiro atoms. The van der Waals surface area contributed by atoms with Crippen molar-refractivity contribution < 1.29 is 14.3 Å². The summed E-state index contributed by atoms with van der Waals surface area (Å²) in [5.74, 6) is 2.08. The highest BCUT2D eigenvalue weighted by Crippen LogP contribution is 2.25. The van der Waals surface area contributed by atoms with Crippen molar-refractivity contribution in [3.05, 3.63) is 77.6 Å². The third kappa shape index (κ3) is 5.83. The van der Waals surface area contributed by atoms with Gasteiger partial charge in [-0.05, 0) is 80.4 Å². The van der Waals surface area contributed by atoms with Crippen LogP contribution < -0.4 is 14.8 Å². The highest BCUT2D eigenvalue weighted by molar-refractivity contribution is 6.05. The van der Waals surface area contributed by atoms with E-state index < -0.39 is 0 Å². The minimum absolute atomic E-state index is 0.167. The lowest BCUT2D eigenvalue weighted by Gasteiger charge is -2.10. The summed E-state index contributed by atoms with van der Waals surface area (Å²) in [6.45, 7) is 6.75. The SMILES string of the molecule is CCCOc1ccc(Oc2ccc(NC(=O)c3ccc(CCC)nc3C)cc2)cc1. The summed E-state index contributed by atoms with van der Waals surface area (Å²) in [5.41, 5.74) is 3.04. The third-order valence-corrected chi connectivity index (χ3v) is 4.54. The van der Waals surface area contributed by atoms with E-state index in [1.165, 1.54) is 0 Å². The number of amides is 1. The normalized spacial score (nSPS) is 10.5. The lowest BCUT2D eigenvalue weighted by molar-refractivity contribution is 0.102. The van der Waals surface area contributed by atoms with E-state index in [2.05, 4.69) is 24.1 Å². The lowest BCUT2D eigenvalue weighted by atomic mass is 10.1. The Morgan fingerprint density at radius 2 is 1.50 bits per heavy atom. The standard InChI is InChI=1S/C25H28N2O3/c1-4-6-19-9-16-24(18(3)26-19)25(28)27-20-7-10-22(11-8-20)30-23-14-12-21(13-15-23)29-17-5-2/h7-16H,4-6,17H2,1-3H3,(H,27,28). The Balaban J connectivity index is 1.59. The van der Waals surface area contributed by atoms with Gasteiger partial charge in [-0.2, -0.15) is 0 Å². The number of rotatable bonds is 9. The van der Waals surface area contributed by atoms with Crippen LogP contribution in [0.5, 0.6) is 17.2 Å². The number of nitrogens with zero attached hydrogens (tertiary/aromatic N) is 1. The molecule has 3 aromatic rings. The Kier molecular flexibility index (Phi) is 7.44. The molecule has 5 heteroatoms. The lowest BCUT2D eigenvalue weighted by Crippen LogP contribution is -2.14. The molecule has 0 saturated heterocycles. The number of carbonyl (C=O) groups is 1. The van der Waals surface area contributed by atoms with Crippen molar-refractivity contribution in [1.82, 2.24) is 4.98 Å². The molecule has 0 fully saturated rings. The predicted molar refractivity (Wildman–Crippen MR) is 120 cm³/mol. The van der Waals surface area contributed by atoms with Gasteiger partial charge in [-0.3, -0.25) is 9.78 Å². The van der Waals surface area contributed by atoms with E-state index in [1.54, 1.807) is 0 Å². The minimum Gasteiger partial charge on any atom is -0.494 e. The molecule has 1 amide bonds. The molecular weight excluding hydrogens is 376 g/mol. The number of hydrogen-bond acceptors (Lipinski definition) is 4. The van der Waals surface area contributed by atoms with E-state index in [-0.39, 0.29) is 5.91 Å². The smallest absolute Gasteiger partial charge is 0.257 e. The third-order valence-electron chi connectivity index (χ3n) is 4.54. The fraction of sp³-hybridized carbons (Fsp3) is 0.280. The Morgan fingerprint density at radius 3 is 2.10 bits per heavy atom. The molecule has 0 atom stereocenters. The monoisotopic (exact) mass is 404 g/mol. The molecule has 2 aromatic carbocycles. The molecule has 0 bridgehead atoms. The first-order valence-corrected chi connectivity index (χ1v) is 10.4. The van der Waals surface area contributed by atoms with E-state index in [0.717, 1.165) is 42.1 Å². The maximum atomic E-state index is 12.6. The second kappa shape index (κ2) is 10.4. The summed E-state index contributed by atoms with van der Waals surface area (Å²) in [7, 11) is 0. The Labute approximate surface area is 178 Å². The van der Waals surface area contributed by atoms with Gasteiger partial charge in [0.2, 0.25) is 0 Å². The first-order chi connectivity index (χ1) is 14.6. The van der Waals surface area contributed by atoms with Crippen LogP contribution in [0, 0.1) is 6.92 Å². The van der Waals surface area contributed by atoms with Gasteiger partial charge in [-0.25, -0.2) is 0 Å². The fourth-order valence-corrected chi connectivity index (χ4v) is 3.01. The average Bonchev–Trinajstić information content (AvgIpc) is 2.75. The van der Waals surface area contributed by atoms with Crippen LogP contribution in [-0.4, -0.2) is 17.5 Å². The summed E-state index contributed by atoms with van der Waals surface area (Å²) >= 11 is 0. The molecule has 1 aromatic heterocycles. The number of nitrogens with one attached hydrogen (secondary N) is 1. The van der Waals surface area contributed by atoms with Crippen LogP contribution in [-0.2, 0) is 6.42 Å². The number of pyridine rings is 1. The first kappa shape index (κ1) is 21.4. The van der Waals surface area contributed by atoms with Gasteiger partial charge in [-0.15, -0.1) is 0 Å². The largest absolute Gasteiger partial charge is 0.494 e. The van der Waals surface area contributed by atoms with E-state index in [4.69, 9.17) is 9.47 Å². The summed E-state index contributed by atoms with van der Waals surface area (Å²) in [5, 5.41) is 2.92. The second-order valence-electron chi connectivity index (χ2n) is 7.09. The molecule has 0 aliphatic rings. The molecular formula is C25H28N2O3. The van der Waals surface area contributed by atoms with E-state index in [9.17, 15) is 4.79 Å². The van der Waals surface area contributed by atoms with Gasteiger partial charge in [0.05, 0.1) is 17.9 Å². The topological polar surface area (TPSA) is 60.5 Å². The van der Waals surface area contributed by atoms with Gasteiger partial charge >= 0.3 is 0 Å². The number of benzene rings is 2. The summed E-state index contributed by atoms with van der Waals surface area (Å²) < 4.78 is 11.4. The number of anilines is 1. The number of ether oxygens (including phenoxy) is 2. The van der Waals surface area contributed by atoms with Crippen molar-refractivity contribution in [3.8, 4) is 17.2 Å². The van der Waals surface area contributed by atoms with Crippen molar-refractivity contribution in [2.75, 3.05) is 11.9 Å². The fourth-order valence-electron chi connectivity index (χ4n) is 3.01. The van der Waals surface area contributed by atoms with Crippen LogP contribution in [0.4, 0.5) is 5.69 Å². The first-order valence-electron chi connectivity index (χ1n) is 10.4. The summed E-state index contributed by atoms with van der Waals surface area (Å²) in [4.78, 5) is 17.1. The van der Waals surface area contributed by atoms with Gasteiger partial charge in [0, 0.05) is 11.4 Å². The van der Waals surface area contributed by atoms with Crippen molar-refractivity contribution >= 4 is 11.6 Å². The second-order valence-corrected chi connectivity index (χ2v) is 7.09. The van der Waals surface area contributed by atoms with E-state index in [1.807, 2.05) is 67.6 Å². The number of aryl methyl sites for hydroxylation is 2. The highest BCUT2D eigenvalue weighted by Gasteiger charge is 2.11. The van der Waals surface area contributed by atoms with Gasteiger partial charge < -0.3 is 14.8 Å². The van der Waals surface area contributed by atoms with Crippen LogP contribution in [0.25, 0.3) is 0 Å². The predicted octanol–water partition coefficient (Wildman–Crippen LogP) is 6.18. The molecule has 0 unspecified atom stereocenters. The van der Waals surface area contributed by atoms with Crippen LogP contribution in [0.15, 0.2) is 60.7 Å². The van der Waals surface area contributed by atoms with Crippen LogP contribution in [0.1, 0.15) is 48.4 Å². The number of aromatic nitrogens is 1. The van der Waals surface area contributed by atoms with Gasteiger partial charge in [0.25, 0.3) is 5.91 Å². The Bertz CT molecular complexity index is 967. The molecule has 0 aliphatic carbocycles. The van der Waals surface area contributed by atoms with Gasteiger partial charge in [-0.1, -0.05) is 20.3 Å². The van der Waals surface area contributed by atoms with Gasteiger partial charge in [0.15, 0.2) is 0 Å². The van der Waals surface area contributed by atoms with Crippen LogP contribution in [0.3, 0.4) is 0 Å². The van der Waals surface area contributed by atoms with E-state index >= 15 is 0 Å². The van der Waals surface area contributed by atoms with Crippen molar-refractivity contribution in [2.24, 2.45) is 0 Å². The van der Waals surface area contributed by atoms with Gasteiger partial charge in [0.1, 0.15) is 17.2 Å². The maximum absolute atomic E-state index is 12.6. The molecule has 3 rings (SSSR count). The van der Waals surface area contributed by atoms with Crippen LogP contribution >= 0.6 is 0 Å². The zero-order valence-corrected chi connectivity index (χ0v) is 17.8.